The first kappa shape index (κ1) is 17.4. The van der Waals surface area contributed by atoms with Crippen molar-refractivity contribution in [3.05, 3.63) is 65.3 Å². The van der Waals surface area contributed by atoms with Crippen LogP contribution in [0, 0.1) is 0 Å². The number of hydrogen-bond donors (Lipinski definition) is 0. The predicted octanol–water partition coefficient (Wildman–Crippen LogP) is 1.73. The van der Waals surface area contributed by atoms with Crippen LogP contribution in [0.25, 0.3) is 0 Å². The summed E-state index contributed by atoms with van der Waals surface area (Å²) in [5, 5.41) is 8.80. The first-order valence-electron chi connectivity index (χ1n) is 8.64. The summed E-state index contributed by atoms with van der Waals surface area (Å²) in [6.45, 7) is 3.18. The second-order valence-electron chi connectivity index (χ2n) is 6.27. The molecule has 1 aliphatic heterocycles. The van der Waals surface area contributed by atoms with E-state index in [9.17, 15) is 4.79 Å². The predicted molar refractivity (Wildman–Crippen MR) is 101 cm³/mol. The van der Waals surface area contributed by atoms with E-state index in [1.54, 1.807) is 34.4 Å². The normalized spacial score (nSPS) is 14.4. The Kier molecular flexibility index (Phi) is 4.97. The molecule has 8 nitrogen and oxygen atoms in total. The number of amides is 1. The maximum Gasteiger partial charge on any atom is 0.276 e. The molecular weight excluding hydrogens is 366 g/mol. The van der Waals surface area contributed by atoms with E-state index in [-0.39, 0.29) is 5.91 Å². The van der Waals surface area contributed by atoms with Gasteiger partial charge >= 0.3 is 0 Å². The van der Waals surface area contributed by atoms with Gasteiger partial charge in [-0.05, 0) is 17.7 Å². The fourth-order valence-electron chi connectivity index (χ4n) is 3.01. The Hall–Kier alpha value is -3.00. The maximum atomic E-state index is 12.7. The number of benzene rings is 1. The zero-order valence-electron chi connectivity index (χ0n) is 14.6. The average Bonchev–Trinajstić information content (AvgIpc) is 3.18. The number of halogens is 1. The van der Waals surface area contributed by atoms with E-state index in [0.717, 1.165) is 11.4 Å². The number of carbonyl (C=O) groups excluding carboxylic acids is 1. The monoisotopic (exact) mass is 383 g/mol. The fourth-order valence-corrected chi connectivity index (χ4v) is 3.13. The molecule has 9 heteroatoms. The molecule has 27 heavy (non-hydrogen) atoms. The Morgan fingerprint density at radius 1 is 1.07 bits per heavy atom. The molecule has 1 aromatic carbocycles. The molecule has 3 aromatic rings. The number of aromatic nitrogens is 5. The van der Waals surface area contributed by atoms with Gasteiger partial charge in [0, 0.05) is 43.6 Å². The average molecular weight is 384 g/mol. The number of hydrogen-bond acceptors (Lipinski definition) is 6. The van der Waals surface area contributed by atoms with Crippen molar-refractivity contribution in [3.63, 3.8) is 0 Å². The lowest BCUT2D eigenvalue weighted by molar-refractivity contribution is 0.0740. The summed E-state index contributed by atoms with van der Waals surface area (Å²) in [5.74, 6) is 0.731. The van der Waals surface area contributed by atoms with Crippen molar-refractivity contribution >= 4 is 23.3 Å². The highest BCUT2D eigenvalue weighted by Crippen LogP contribution is 2.14. The summed E-state index contributed by atoms with van der Waals surface area (Å²) < 4.78 is 1.66. The third-order valence-electron chi connectivity index (χ3n) is 4.46. The minimum atomic E-state index is -0.101. The molecule has 0 aliphatic carbocycles. The number of carbonyl (C=O) groups is 1. The molecule has 4 rings (SSSR count). The van der Waals surface area contributed by atoms with Crippen LogP contribution in [0.4, 0.5) is 5.82 Å². The molecule has 0 spiro atoms. The van der Waals surface area contributed by atoms with Crippen molar-refractivity contribution in [2.45, 2.75) is 6.54 Å². The summed E-state index contributed by atoms with van der Waals surface area (Å²) in [7, 11) is 0. The molecule has 0 bridgehead atoms. The van der Waals surface area contributed by atoms with Crippen LogP contribution in [-0.4, -0.2) is 61.9 Å². The second kappa shape index (κ2) is 7.71. The Bertz CT molecular complexity index is 905. The molecule has 3 heterocycles. The largest absolute Gasteiger partial charge is 0.352 e. The first-order chi connectivity index (χ1) is 13.2. The Labute approximate surface area is 161 Å². The number of piperazine rings is 1. The standard InChI is InChI=1S/C18H18ClN7O/c19-15-3-1-14(2-4-15)12-26-13-16(22-23-26)18(27)25-9-7-24(8-10-25)17-11-20-5-6-21-17/h1-6,11,13H,7-10,12H2. The summed E-state index contributed by atoms with van der Waals surface area (Å²) in [5.41, 5.74) is 1.40. The molecule has 1 aliphatic rings. The number of nitrogens with zero attached hydrogens (tertiary/aromatic N) is 7. The fraction of sp³-hybridized carbons (Fsp3) is 0.278. The summed E-state index contributed by atoms with van der Waals surface area (Å²) in [6, 6.07) is 7.52. The third-order valence-corrected chi connectivity index (χ3v) is 4.71. The van der Waals surface area contributed by atoms with Crippen molar-refractivity contribution in [1.82, 2.24) is 29.9 Å². The van der Waals surface area contributed by atoms with E-state index >= 15 is 0 Å². The topological polar surface area (TPSA) is 80.0 Å². The van der Waals surface area contributed by atoms with Crippen LogP contribution in [0.1, 0.15) is 16.1 Å². The van der Waals surface area contributed by atoms with Gasteiger partial charge in [-0.25, -0.2) is 9.67 Å². The van der Waals surface area contributed by atoms with E-state index in [1.807, 2.05) is 24.3 Å². The van der Waals surface area contributed by atoms with Crippen molar-refractivity contribution in [2.24, 2.45) is 0 Å². The van der Waals surface area contributed by atoms with E-state index < -0.39 is 0 Å². The molecule has 0 unspecified atom stereocenters. The van der Waals surface area contributed by atoms with Gasteiger partial charge in [-0.15, -0.1) is 5.10 Å². The zero-order valence-corrected chi connectivity index (χ0v) is 15.3. The highest BCUT2D eigenvalue weighted by molar-refractivity contribution is 6.30. The van der Waals surface area contributed by atoms with Gasteiger partial charge in [0.15, 0.2) is 5.69 Å². The summed E-state index contributed by atoms with van der Waals surface area (Å²) in [6.07, 6.45) is 6.74. The highest BCUT2D eigenvalue weighted by atomic mass is 35.5. The van der Waals surface area contributed by atoms with E-state index in [4.69, 9.17) is 11.6 Å². The molecule has 2 aromatic heterocycles. The molecule has 0 radical (unpaired) electrons. The van der Waals surface area contributed by atoms with Gasteiger partial charge in [-0.3, -0.25) is 9.78 Å². The lowest BCUT2D eigenvalue weighted by Crippen LogP contribution is -2.49. The molecule has 0 atom stereocenters. The molecule has 1 fully saturated rings. The quantitative estimate of drug-likeness (QED) is 0.682. The minimum Gasteiger partial charge on any atom is -0.352 e. The molecule has 1 saturated heterocycles. The van der Waals surface area contributed by atoms with E-state index in [0.29, 0.717) is 43.4 Å². The van der Waals surface area contributed by atoms with Crippen molar-refractivity contribution in [1.29, 1.82) is 0 Å². The van der Waals surface area contributed by atoms with Crippen LogP contribution in [0.2, 0.25) is 5.02 Å². The van der Waals surface area contributed by atoms with Gasteiger partial charge < -0.3 is 9.80 Å². The summed E-state index contributed by atoms with van der Waals surface area (Å²) in [4.78, 5) is 25.0. The lowest BCUT2D eigenvalue weighted by Gasteiger charge is -2.34. The van der Waals surface area contributed by atoms with Gasteiger partial charge in [0.25, 0.3) is 5.91 Å². The van der Waals surface area contributed by atoms with Crippen molar-refractivity contribution in [3.8, 4) is 0 Å². The van der Waals surface area contributed by atoms with Crippen LogP contribution in [0.3, 0.4) is 0 Å². The Morgan fingerprint density at radius 2 is 1.85 bits per heavy atom. The number of rotatable bonds is 4. The van der Waals surface area contributed by atoms with Crippen LogP contribution in [-0.2, 0) is 6.54 Å². The van der Waals surface area contributed by atoms with Crippen molar-refractivity contribution < 1.29 is 4.79 Å². The molecular formula is C18H18ClN7O. The van der Waals surface area contributed by atoms with Gasteiger partial charge in [-0.2, -0.15) is 0 Å². The lowest BCUT2D eigenvalue weighted by atomic mass is 10.2. The maximum absolute atomic E-state index is 12.7. The zero-order chi connectivity index (χ0) is 18.6. The third kappa shape index (κ3) is 4.06. The highest BCUT2D eigenvalue weighted by Gasteiger charge is 2.24. The van der Waals surface area contributed by atoms with Crippen molar-refractivity contribution in [2.75, 3.05) is 31.1 Å². The van der Waals surface area contributed by atoms with Gasteiger partial charge in [0.05, 0.1) is 18.9 Å². The second-order valence-corrected chi connectivity index (χ2v) is 6.71. The molecule has 0 saturated carbocycles. The minimum absolute atomic E-state index is 0.101. The molecule has 1 amide bonds. The van der Waals surface area contributed by atoms with Gasteiger partial charge in [-0.1, -0.05) is 28.9 Å². The SMILES string of the molecule is O=C(c1cn(Cc2ccc(Cl)cc2)nn1)N1CCN(c2cnccn2)CC1. The Morgan fingerprint density at radius 3 is 2.56 bits per heavy atom. The van der Waals surface area contributed by atoms with Crippen LogP contribution >= 0.6 is 11.6 Å². The Balaban J connectivity index is 1.36. The molecule has 138 valence electrons. The van der Waals surface area contributed by atoms with Gasteiger partial charge in [0.1, 0.15) is 5.82 Å². The van der Waals surface area contributed by atoms with Crippen LogP contribution in [0.5, 0.6) is 0 Å². The van der Waals surface area contributed by atoms with Gasteiger partial charge in [0.2, 0.25) is 0 Å². The van der Waals surface area contributed by atoms with E-state index in [2.05, 4.69) is 25.2 Å². The number of anilines is 1. The smallest absolute Gasteiger partial charge is 0.276 e. The van der Waals surface area contributed by atoms with E-state index in [1.165, 1.54) is 0 Å². The first-order valence-corrected chi connectivity index (χ1v) is 9.02. The van der Waals surface area contributed by atoms with Crippen LogP contribution in [0.15, 0.2) is 49.1 Å². The van der Waals surface area contributed by atoms with Crippen LogP contribution < -0.4 is 4.90 Å². The molecule has 0 N–H and O–H groups in total. The summed E-state index contributed by atoms with van der Waals surface area (Å²) >= 11 is 5.90.